The van der Waals surface area contributed by atoms with Gasteiger partial charge < -0.3 is 4.90 Å². The molecule has 1 unspecified atom stereocenters. The van der Waals surface area contributed by atoms with Crippen molar-refractivity contribution in [3.05, 3.63) is 35.4 Å². The molecule has 2 rings (SSSR count). The van der Waals surface area contributed by atoms with Gasteiger partial charge in [0, 0.05) is 37.8 Å². The molecule has 3 heteroatoms. The number of amides is 1. The lowest BCUT2D eigenvalue weighted by Gasteiger charge is -2.37. The fourth-order valence-electron chi connectivity index (χ4n) is 2.58. The van der Waals surface area contributed by atoms with Gasteiger partial charge in [-0.15, -0.1) is 0 Å². The molecule has 19 heavy (non-hydrogen) atoms. The predicted molar refractivity (Wildman–Crippen MR) is 78.4 cm³/mol. The van der Waals surface area contributed by atoms with E-state index in [0.29, 0.717) is 6.04 Å². The van der Waals surface area contributed by atoms with Crippen molar-refractivity contribution in [3.63, 3.8) is 0 Å². The molecule has 1 aromatic carbocycles. The van der Waals surface area contributed by atoms with Crippen LogP contribution in [-0.4, -0.2) is 47.9 Å². The summed E-state index contributed by atoms with van der Waals surface area (Å²) in [5.74, 6) is 0.174. The first-order valence-electron chi connectivity index (χ1n) is 7.21. The lowest BCUT2D eigenvalue weighted by atomic mass is 10.1. The molecule has 1 amide bonds. The molecule has 1 aromatic rings. The standard InChI is InChI=1S/C16H24N2O/c1-4-14(3)17-8-10-18(11-9-17)16(19)15-7-5-6-13(2)12-15/h5-7,12,14H,4,8-11H2,1-3H3. The van der Waals surface area contributed by atoms with E-state index in [4.69, 9.17) is 0 Å². The minimum atomic E-state index is 0.174. The first-order valence-corrected chi connectivity index (χ1v) is 7.21. The average molecular weight is 260 g/mol. The van der Waals surface area contributed by atoms with Gasteiger partial charge in [0.25, 0.3) is 5.91 Å². The summed E-state index contributed by atoms with van der Waals surface area (Å²) in [6.45, 7) is 10.2. The molecular weight excluding hydrogens is 236 g/mol. The lowest BCUT2D eigenvalue weighted by molar-refractivity contribution is 0.0579. The molecule has 3 nitrogen and oxygen atoms in total. The number of nitrogens with zero attached hydrogens (tertiary/aromatic N) is 2. The zero-order valence-corrected chi connectivity index (χ0v) is 12.2. The second kappa shape index (κ2) is 6.20. The van der Waals surface area contributed by atoms with E-state index in [-0.39, 0.29) is 5.91 Å². The van der Waals surface area contributed by atoms with Gasteiger partial charge in [0.05, 0.1) is 0 Å². The molecule has 0 bridgehead atoms. The average Bonchev–Trinajstić information content (AvgIpc) is 2.46. The number of rotatable bonds is 3. The van der Waals surface area contributed by atoms with Gasteiger partial charge in [-0.1, -0.05) is 24.6 Å². The quantitative estimate of drug-likeness (QED) is 0.834. The fraction of sp³-hybridized carbons (Fsp3) is 0.562. The lowest BCUT2D eigenvalue weighted by Crippen LogP contribution is -2.51. The normalized spacial score (nSPS) is 18.4. The van der Waals surface area contributed by atoms with Crippen molar-refractivity contribution in [1.29, 1.82) is 0 Å². The number of benzene rings is 1. The number of carbonyl (C=O) groups excluding carboxylic acids is 1. The van der Waals surface area contributed by atoms with Gasteiger partial charge in [-0.05, 0) is 32.4 Å². The van der Waals surface area contributed by atoms with Gasteiger partial charge in [0.1, 0.15) is 0 Å². The van der Waals surface area contributed by atoms with Crippen LogP contribution < -0.4 is 0 Å². The van der Waals surface area contributed by atoms with Crippen LogP contribution in [-0.2, 0) is 0 Å². The van der Waals surface area contributed by atoms with E-state index in [9.17, 15) is 4.79 Å². The summed E-state index contributed by atoms with van der Waals surface area (Å²) in [6.07, 6.45) is 1.17. The molecule has 1 fully saturated rings. The Morgan fingerprint density at radius 1 is 1.26 bits per heavy atom. The van der Waals surface area contributed by atoms with Gasteiger partial charge in [-0.2, -0.15) is 0 Å². The highest BCUT2D eigenvalue weighted by Gasteiger charge is 2.23. The van der Waals surface area contributed by atoms with Crippen molar-refractivity contribution >= 4 is 5.91 Å². The van der Waals surface area contributed by atoms with E-state index in [1.807, 2.05) is 36.1 Å². The topological polar surface area (TPSA) is 23.6 Å². The maximum Gasteiger partial charge on any atom is 0.253 e. The monoisotopic (exact) mass is 260 g/mol. The Hall–Kier alpha value is -1.35. The van der Waals surface area contributed by atoms with Gasteiger partial charge in [0.15, 0.2) is 0 Å². The summed E-state index contributed by atoms with van der Waals surface area (Å²) >= 11 is 0. The summed E-state index contributed by atoms with van der Waals surface area (Å²) in [6, 6.07) is 8.49. The number of aryl methyl sites for hydroxylation is 1. The van der Waals surface area contributed by atoms with Crippen LogP contribution in [0.25, 0.3) is 0 Å². The van der Waals surface area contributed by atoms with Crippen molar-refractivity contribution in [2.24, 2.45) is 0 Å². The zero-order chi connectivity index (χ0) is 13.8. The van der Waals surface area contributed by atoms with Gasteiger partial charge in [0.2, 0.25) is 0 Å². The van der Waals surface area contributed by atoms with Crippen LogP contribution in [0.1, 0.15) is 36.2 Å². The third-order valence-electron chi connectivity index (χ3n) is 4.08. The Kier molecular flexibility index (Phi) is 4.59. The second-order valence-corrected chi connectivity index (χ2v) is 5.45. The van der Waals surface area contributed by atoms with Crippen LogP contribution in [0.2, 0.25) is 0 Å². The van der Waals surface area contributed by atoms with E-state index in [2.05, 4.69) is 18.7 Å². The van der Waals surface area contributed by atoms with Crippen LogP contribution in [0.5, 0.6) is 0 Å². The fourth-order valence-corrected chi connectivity index (χ4v) is 2.58. The van der Waals surface area contributed by atoms with E-state index >= 15 is 0 Å². The van der Waals surface area contributed by atoms with Gasteiger partial charge >= 0.3 is 0 Å². The van der Waals surface area contributed by atoms with Crippen molar-refractivity contribution in [1.82, 2.24) is 9.80 Å². The van der Waals surface area contributed by atoms with Crippen LogP contribution in [0.15, 0.2) is 24.3 Å². The Bertz CT molecular complexity index is 436. The molecule has 0 spiro atoms. The Balaban J connectivity index is 1.96. The van der Waals surface area contributed by atoms with Crippen molar-refractivity contribution in [2.45, 2.75) is 33.2 Å². The minimum Gasteiger partial charge on any atom is -0.336 e. The first-order chi connectivity index (χ1) is 9.11. The highest BCUT2D eigenvalue weighted by molar-refractivity contribution is 5.94. The van der Waals surface area contributed by atoms with E-state index < -0.39 is 0 Å². The Morgan fingerprint density at radius 2 is 1.95 bits per heavy atom. The molecule has 0 saturated carbocycles. The molecule has 104 valence electrons. The number of hydrogen-bond acceptors (Lipinski definition) is 2. The minimum absolute atomic E-state index is 0.174. The van der Waals surface area contributed by atoms with Crippen LogP contribution in [0.3, 0.4) is 0 Å². The second-order valence-electron chi connectivity index (χ2n) is 5.45. The summed E-state index contributed by atoms with van der Waals surface area (Å²) < 4.78 is 0. The maximum absolute atomic E-state index is 12.4. The Morgan fingerprint density at radius 3 is 2.53 bits per heavy atom. The van der Waals surface area contributed by atoms with Crippen LogP contribution in [0, 0.1) is 6.92 Å². The molecule has 0 radical (unpaired) electrons. The maximum atomic E-state index is 12.4. The number of piperazine rings is 1. The summed E-state index contributed by atoms with van der Waals surface area (Å²) in [5.41, 5.74) is 1.96. The highest BCUT2D eigenvalue weighted by Crippen LogP contribution is 2.13. The predicted octanol–water partition coefficient (Wildman–Crippen LogP) is 2.55. The molecular formula is C16H24N2O. The largest absolute Gasteiger partial charge is 0.336 e. The summed E-state index contributed by atoms with van der Waals surface area (Å²) in [7, 11) is 0. The molecule has 1 aliphatic heterocycles. The molecule has 0 aliphatic carbocycles. The Labute approximate surface area is 116 Å². The third-order valence-corrected chi connectivity index (χ3v) is 4.08. The highest BCUT2D eigenvalue weighted by atomic mass is 16.2. The van der Waals surface area contributed by atoms with Crippen LogP contribution in [0.4, 0.5) is 0 Å². The molecule has 1 saturated heterocycles. The number of carbonyl (C=O) groups is 1. The summed E-state index contributed by atoms with van der Waals surface area (Å²) in [5, 5.41) is 0. The smallest absolute Gasteiger partial charge is 0.253 e. The third kappa shape index (κ3) is 3.35. The van der Waals surface area contributed by atoms with Crippen LogP contribution >= 0.6 is 0 Å². The van der Waals surface area contributed by atoms with Gasteiger partial charge in [-0.3, -0.25) is 9.69 Å². The SMILES string of the molecule is CCC(C)N1CCN(C(=O)c2cccc(C)c2)CC1. The van der Waals surface area contributed by atoms with Crippen molar-refractivity contribution < 1.29 is 4.79 Å². The van der Waals surface area contributed by atoms with Crippen molar-refractivity contribution in [2.75, 3.05) is 26.2 Å². The molecule has 1 atom stereocenters. The first kappa shape index (κ1) is 14.1. The molecule has 0 N–H and O–H groups in total. The number of hydrogen-bond donors (Lipinski definition) is 0. The van der Waals surface area contributed by atoms with Gasteiger partial charge in [-0.25, -0.2) is 0 Å². The zero-order valence-electron chi connectivity index (χ0n) is 12.2. The molecule has 1 heterocycles. The van der Waals surface area contributed by atoms with E-state index in [1.54, 1.807) is 0 Å². The molecule has 0 aromatic heterocycles. The van der Waals surface area contributed by atoms with Crippen molar-refractivity contribution in [3.8, 4) is 0 Å². The van der Waals surface area contributed by atoms with E-state index in [0.717, 1.165) is 37.3 Å². The molecule has 1 aliphatic rings. The summed E-state index contributed by atoms with van der Waals surface area (Å²) in [4.78, 5) is 16.9. The van der Waals surface area contributed by atoms with E-state index in [1.165, 1.54) is 6.42 Å².